The van der Waals surface area contributed by atoms with Gasteiger partial charge in [-0.2, -0.15) is 0 Å². The van der Waals surface area contributed by atoms with Crippen LogP contribution in [-0.2, 0) is 4.79 Å². The highest BCUT2D eigenvalue weighted by atomic mass is 35.5. The average molecular weight is 263 g/mol. The van der Waals surface area contributed by atoms with Crippen LogP contribution in [0.4, 0.5) is 0 Å². The third-order valence-corrected chi connectivity index (χ3v) is 3.61. The summed E-state index contributed by atoms with van der Waals surface area (Å²) in [5, 5.41) is 3.34. The first-order valence-corrected chi connectivity index (χ1v) is 6.59. The molecule has 1 aliphatic heterocycles. The standard InChI is InChI=1S/C13H26N2O.ClH/c1-5-8-15(12-6-7-14-9-12)13(16)11(4)10(2)3;/h10-12,14H,5-9H2,1-4H3;1H. The molecule has 0 saturated carbocycles. The zero-order valence-electron chi connectivity index (χ0n) is 11.5. The Labute approximate surface area is 112 Å². The molecule has 102 valence electrons. The molecule has 0 aromatic heterocycles. The molecule has 0 aromatic rings. The van der Waals surface area contributed by atoms with Crippen LogP contribution >= 0.6 is 12.4 Å². The third-order valence-electron chi connectivity index (χ3n) is 3.61. The maximum atomic E-state index is 12.4. The molecule has 0 aromatic carbocycles. The number of carbonyl (C=O) groups is 1. The van der Waals surface area contributed by atoms with Gasteiger partial charge in [-0.25, -0.2) is 0 Å². The normalized spacial score (nSPS) is 21.1. The molecule has 1 fully saturated rings. The van der Waals surface area contributed by atoms with Crippen molar-refractivity contribution >= 4 is 18.3 Å². The van der Waals surface area contributed by atoms with Crippen LogP contribution in [0.5, 0.6) is 0 Å². The first kappa shape index (κ1) is 16.7. The summed E-state index contributed by atoms with van der Waals surface area (Å²) in [5.41, 5.74) is 0. The van der Waals surface area contributed by atoms with Crippen LogP contribution in [0, 0.1) is 11.8 Å². The Bertz CT molecular complexity index is 227. The Hall–Kier alpha value is -0.280. The van der Waals surface area contributed by atoms with Crippen LogP contribution in [-0.4, -0.2) is 36.5 Å². The Morgan fingerprint density at radius 1 is 1.41 bits per heavy atom. The van der Waals surface area contributed by atoms with Crippen molar-refractivity contribution in [3.63, 3.8) is 0 Å². The lowest BCUT2D eigenvalue weighted by atomic mass is 9.95. The van der Waals surface area contributed by atoms with Gasteiger partial charge >= 0.3 is 0 Å². The first-order chi connectivity index (χ1) is 7.57. The van der Waals surface area contributed by atoms with E-state index in [9.17, 15) is 4.79 Å². The van der Waals surface area contributed by atoms with Crippen molar-refractivity contribution in [1.29, 1.82) is 0 Å². The van der Waals surface area contributed by atoms with Gasteiger partial charge in [0.1, 0.15) is 0 Å². The molecule has 0 bridgehead atoms. The molecular weight excluding hydrogens is 236 g/mol. The van der Waals surface area contributed by atoms with E-state index in [1.54, 1.807) is 0 Å². The van der Waals surface area contributed by atoms with Crippen LogP contribution < -0.4 is 5.32 Å². The Morgan fingerprint density at radius 3 is 2.47 bits per heavy atom. The van der Waals surface area contributed by atoms with Crippen LogP contribution in [0.3, 0.4) is 0 Å². The topological polar surface area (TPSA) is 32.3 Å². The minimum Gasteiger partial charge on any atom is -0.338 e. The highest BCUT2D eigenvalue weighted by molar-refractivity contribution is 5.85. The molecule has 1 aliphatic rings. The predicted octanol–water partition coefficient (Wildman–Crippen LogP) is 2.30. The molecule has 3 nitrogen and oxygen atoms in total. The number of amides is 1. The molecule has 4 heteroatoms. The van der Waals surface area contributed by atoms with E-state index in [0.717, 1.165) is 32.5 Å². The second-order valence-corrected chi connectivity index (χ2v) is 5.21. The smallest absolute Gasteiger partial charge is 0.225 e. The molecule has 1 heterocycles. The number of hydrogen-bond acceptors (Lipinski definition) is 2. The predicted molar refractivity (Wildman–Crippen MR) is 74.5 cm³/mol. The molecule has 1 amide bonds. The fourth-order valence-corrected chi connectivity index (χ4v) is 2.17. The second-order valence-electron chi connectivity index (χ2n) is 5.21. The van der Waals surface area contributed by atoms with Gasteiger partial charge in [0.15, 0.2) is 0 Å². The molecule has 2 unspecified atom stereocenters. The number of rotatable bonds is 5. The second kappa shape index (κ2) is 7.93. The van der Waals surface area contributed by atoms with Crippen LogP contribution in [0.15, 0.2) is 0 Å². The van der Waals surface area contributed by atoms with Crippen molar-refractivity contribution in [3.8, 4) is 0 Å². The summed E-state index contributed by atoms with van der Waals surface area (Å²) in [6.45, 7) is 11.4. The first-order valence-electron chi connectivity index (χ1n) is 6.59. The molecule has 1 rings (SSSR count). The molecule has 1 N–H and O–H groups in total. The van der Waals surface area contributed by atoms with E-state index in [1.807, 2.05) is 0 Å². The summed E-state index contributed by atoms with van der Waals surface area (Å²) < 4.78 is 0. The number of halogens is 1. The molecule has 0 aliphatic carbocycles. The third kappa shape index (κ3) is 4.47. The van der Waals surface area contributed by atoms with E-state index in [4.69, 9.17) is 0 Å². The van der Waals surface area contributed by atoms with Gasteiger partial charge < -0.3 is 10.2 Å². The van der Waals surface area contributed by atoms with Crippen molar-refractivity contribution in [2.45, 2.75) is 46.6 Å². The molecule has 0 spiro atoms. The monoisotopic (exact) mass is 262 g/mol. The van der Waals surface area contributed by atoms with E-state index in [-0.39, 0.29) is 18.3 Å². The zero-order valence-corrected chi connectivity index (χ0v) is 12.3. The minimum absolute atomic E-state index is 0. The molecular formula is C13H27ClN2O. The fraction of sp³-hybridized carbons (Fsp3) is 0.923. The van der Waals surface area contributed by atoms with Crippen molar-refractivity contribution in [2.75, 3.05) is 19.6 Å². The van der Waals surface area contributed by atoms with Crippen molar-refractivity contribution < 1.29 is 4.79 Å². The molecule has 2 atom stereocenters. The maximum Gasteiger partial charge on any atom is 0.225 e. The van der Waals surface area contributed by atoms with Crippen LogP contribution in [0.1, 0.15) is 40.5 Å². The summed E-state index contributed by atoms with van der Waals surface area (Å²) in [6.07, 6.45) is 2.16. The lowest BCUT2D eigenvalue weighted by molar-refractivity contribution is -0.138. The van der Waals surface area contributed by atoms with Crippen molar-refractivity contribution in [1.82, 2.24) is 10.2 Å². The zero-order chi connectivity index (χ0) is 12.1. The quantitative estimate of drug-likeness (QED) is 0.825. The Morgan fingerprint density at radius 2 is 2.06 bits per heavy atom. The lowest BCUT2D eigenvalue weighted by Gasteiger charge is -2.32. The van der Waals surface area contributed by atoms with Gasteiger partial charge in [-0.05, 0) is 25.3 Å². The lowest BCUT2D eigenvalue weighted by Crippen LogP contribution is -2.45. The van der Waals surface area contributed by atoms with Gasteiger partial charge in [-0.3, -0.25) is 4.79 Å². The van der Waals surface area contributed by atoms with Crippen molar-refractivity contribution in [3.05, 3.63) is 0 Å². The number of hydrogen-bond donors (Lipinski definition) is 1. The number of nitrogens with one attached hydrogen (secondary N) is 1. The van der Waals surface area contributed by atoms with E-state index in [2.05, 4.69) is 37.9 Å². The van der Waals surface area contributed by atoms with Gasteiger partial charge in [0, 0.05) is 25.0 Å². The van der Waals surface area contributed by atoms with E-state index >= 15 is 0 Å². The summed E-state index contributed by atoms with van der Waals surface area (Å²) in [5.74, 6) is 0.916. The largest absolute Gasteiger partial charge is 0.338 e. The van der Waals surface area contributed by atoms with Gasteiger partial charge in [0.05, 0.1) is 0 Å². The summed E-state index contributed by atoms with van der Waals surface area (Å²) in [4.78, 5) is 14.5. The highest BCUT2D eigenvalue weighted by Crippen LogP contribution is 2.18. The van der Waals surface area contributed by atoms with Gasteiger partial charge in [0.25, 0.3) is 0 Å². The van der Waals surface area contributed by atoms with Crippen LogP contribution in [0.25, 0.3) is 0 Å². The van der Waals surface area contributed by atoms with Crippen LogP contribution in [0.2, 0.25) is 0 Å². The van der Waals surface area contributed by atoms with E-state index in [1.165, 1.54) is 0 Å². The Balaban J connectivity index is 0.00000256. The summed E-state index contributed by atoms with van der Waals surface area (Å²) >= 11 is 0. The minimum atomic E-state index is 0. The van der Waals surface area contributed by atoms with Gasteiger partial charge in [0.2, 0.25) is 5.91 Å². The highest BCUT2D eigenvalue weighted by Gasteiger charge is 2.29. The number of nitrogens with zero attached hydrogens (tertiary/aromatic N) is 1. The summed E-state index contributed by atoms with van der Waals surface area (Å²) in [7, 11) is 0. The van der Waals surface area contributed by atoms with E-state index in [0.29, 0.717) is 17.9 Å². The average Bonchev–Trinajstić information content (AvgIpc) is 2.76. The molecule has 1 saturated heterocycles. The summed E-state index contributed by atoms with van der Waals surface area (Å²) in [6, 6.07) is 0.425. The SMILES string of the molecule is CCCN(C(=O)C(C)C(C)C)C1CCNC1.Cl. The fourth-order valence-electron chi connectivity index (χ4n) is 2.17. The molecule has 0 radical (unpaired) electrons. The van der Waals surface area contributed by atoms with E-state index < -0.39 is 0 Å². The van der Waals surface area contributed by atoms with Gasteiger partial charge in [-0.1, -0.05) is 27.7 Å². The van der Waals surface area contributed by atoms with Crippen molar-refractivity contribution in [2.24, 2.45) is 11.8 Å². The molecule has 17 heavy (non-hydrogen) atoms. The Kier molecular flexibility index (Phi) is 7.80. The number of carbonyl (C=O) groups excluding carboxylic acids is 1. The maximum absolute atomic E-state index is 12.4. The van der Waals surface area contributed by atoms with Gasteiger partial charge in [-0.15, -0.1) is 12.4 Å².